The minimum atomic E-state index is -4.14. The number of sulfonamides is 1. The monoisotopic (exact) mass is 411 g/mol. The van der Waals surface area contributed by atoms with E-state index in [4.69, 9.17) is 5.73 Å². The molecule has 0 saturated carbocycles. The van der Waals surface area contributed by atoms with Crippen molar-refractivity contribution in [1.82, 2.24) is 9.62 Å². The topological polar surface area (TPSA) is 154 Å². The fraction of sp³-hybridized carbons (Fsp3) is 0.471. The molecule has 2 rings (SSSR count). The summed E-state index contributed by atoms with van der Waals surface area (Å²) in [7, 11) is -4.14. The average Bonchev–Trinajstić information content (AvgIpc) is 2.82. The van der Waals surface area contributed by atoms with Crippen molar-refractivity contribution >= 4 is 27.6 Å². The predicted molar refractivity (Wildman–Crippen MR) is 97.6 cm³/mol. The number of nitrogens with one attached hydrogen (secondary N) is 1. The second kappa shape index (κ2) is 9.11. The van der Waals surface area contributed by atoms with Gasteiger partial charge in [-0.1, -0.05) is 6.92 Å². The molecule has 0 aliphatic carbocycles. The van der Waals surface area contributed by atoms with Gasteiger partial charge in [-0.2, -0.15) is 9.04 Å². The van der Waals surface area contributed by atoms with E-state index in [2.05, 4.69) is 5.32 Å². The number of aromatic nitrogens is 1. The number of ketones is 1. The van der Waals surface area contributed by atoms with E-state index >= 15 is 0 Å². The van der Waals surface area contributed by atoms with E-state index in [9.17, 15) is 28.0 Å². The smallest absolute Gasteiger partial charge is 0.323 e. The third kappa shape index (κ3) is 5.26. The SMILES string of the molecule is CC(C[CH]C(=O)N[C@H]1CCCN(S(=O)(=O)c2cccc[n+]2[O-])CC1=O)C(N)=O. The van der Waals surface area contributed by atoms with Crippen LogP contribution in [0.1, 0.15) is 26.2 Å². The van der Waals surface area contributed by atoms with Gasteiger partial charge in [-0.25, -0.2) is 8.42 Å². The van der Waals surface area contributed by atoms with Gasteiger partial charge in [0, 0.05) is 24.6 Å². The number of Topliss-reactive ketones (excluding diaryl/α,β-unsaturated/α-hetero) is 1. The molecule has 2 amide bonds. The molecule has 1 aromatic heterocycles. The normalized spacial score (nSPS) is 19.6. The fourth-order valence-electron chi connectivity index (χ4n) is 2.73. The van der Waals surface area contributed by atoms with Gasteiger partial charge in [0.25, 0.3) is 0 Å². The van der Waals surface area contributed by atoms with Crippen molar-refractivity contribution in [3.05, 3.63) is 36.0 Å². The van der Waals surface area contributed by atoms with Crippen LogP contribution in [0.5, 0.6) is 0 Å². The maximum Gasteiger partial charge on any atom is 0.323 e. The zero-order valence-electron chi connectivity index (χ0n) is 15.4. The summed E-state index contributed by atoms with van der Waals surface area (Å²) in [5, 5.41) is 13.9. The lowest BCUT2D eigenvalue weighted by Crippen LogP contribution is -2.46. The van der Waals surface area contributed by atoms with Crippen LogP contribution in [0.3, 0.4) is 0 Å². The van der Waals surface area contributed by atoms with Gasteiger partial charge < -0.3 is 16.3 Å². The molecule has 11 heteroatoms. The summed E-state index contributed by atoms with van der Waals surface area (Å²) >= 11 is 0. The Bertz CT molecular complexity index is 857. The molecule has 153 valence electrons. The Kier molecular flexibility index (Phi) is 7.08. The highest BCUT2D eigenvalue weighted by Gasteiger charge is 2.36. The third-order valence-electron chi connectivity index (χ3n) is 4.47. The van der Waals surface area contributed by atoms with Crippen molar-refractivity contribution in [3.63, 3.8) is 0 Å². The van der Waals surface area contributed by atoms with Gasteiger partial charge in [-0.3, -0.25) is 14.4 Å². The van der Waals surface area contributed by atoms with Crippen molar-refractivity contribution in [2.24, 2.45) is 11.7 Å². The Labute approximate surface area is 163 Å². The van der Waals surface area contributed by atoms with Crippen molar-refractivity contribution < 1.29 is 27.5 Å². The number of rotatable bonds is 7. The first kappa shape index (κ1) is 21.8. The van der Waals surface area contributed by atoms with Crippen LogP contribution in [0.2, 0.25) is 0 Å². The first-order chi connectivity index (χ1) is 13.1. The molecule has 0 spiro atoms. The number of carbonyl (C=O) groups excluding carboxylic acids is 3. The van der Waals surface area contributed by atoms with Crippen LogP contribution in [0.25, 0.3) is 0 Å². The lowest BCUT2D eigenvalue weighted by atomic mass is 10.0. The molecule has 10 nitrogen and oxygen atoms in total. The van der Waals surface area contributed by atoms with E-state index in [1.54, 1.807) is 6.92 Å². The highest BCUT2D eigenvalue weighted by Crippen LogP contribution is 2.17. The van der Waals surface area contributed by atoms with Crippen molar-refractivity contribution in [3.8, 4) is 0 Å². The lowest BCUT2D eigenvalue weighted by molar-refractivity contribution is -0.646. The minimum absolute atomic E-state index is 0.0533. The number of nitrogens with two attached hydrogens (primary N) is 1. The van der Waals surface area contributed by atoms with Crippen molar-refractivity contribution in [2.75, 3.05) is 13.1 Å². The molecule has 1 aromatic rings. The highest BCUT2D eigenvalue weighted by molar-refractivity contribution is 7.89. The molecule has 0 aromatic carbocycles. The van der Waals surface area contributed by atoms with E-state index < -0.39 is 51.2 Å². The van der Waals surface area contributed by atoms with Gasteiger partial charge in [0.05, 0.1) is 19.0 Å². The van der Waals surface area contributed by atoms with E-state index in [1.807, 2.05) is 0 Å². The van der Waals surface area contributed by atoms with E-state index in [0.717, 1.165) is 10.5 Å². The summed E-state index contributed by atoms with van der Waals surface area (Å²) in [6, 6.07) is 3.15. The molecule has 1 aliphatic rings. The molecule has 1 unspecified atom stereocenters. The van der Waals surface area contributed by atoms with Crippen LogP contribution in [-0.2, 0) is 24.4 Å². The molecule has 1 aliphatic heterocycles. The number of pyridine rings is 1. The van der Waals surface area contributed by atoms with Crippen LogP contribution >= 0.6 is 0 Å². The molecule has 1 saturated heterocycles. The first-order valence-corrected chi connectivity index (χ1v) is 10.2. The Morgan fingerprint density at radius 3 is 2.82 bits per heavy atom. The molecule has 3 N–H and O–H groups in total. The van der Waals surface area contributed by atoms with Crippen LogP contribution in [0.4, 0.5) is 0 Å². The summed E-state index contributed by atoms with van der Waals surface area (Å²) in [5.41, 5.74) is 5.13. The summed E-state index contributed by atoms with van der Waals surface area (Å²) in [5.74, 6) is -2.05. The summed E-state index contributed by atoms with van der Waals surface area (Å²) < 4.78 is 26.6. The van der Waals surface area contributed by atoms with E-state index in [0.29, 0.717) is 6.42 Å². The maximum atomic E-state index is 12.7. The van der Waals surface area contributed by atoms with Gasteiger partial charge in [-0.05, 0) is 25.3 Å². The number of carbonyl (C=O) groups is 3. The summed E-state index contributed by atoms with van der Waals surface area (Å²) in [6.45, 7) is 1.19. The number of hydrogen-bond acceptors (Lipinski definition) is 6. The maximum absolute atomic E-state index is 12.7. The van der Waals surface area contributed by atoms with E-state index in [1.165, 1.54) is 24.6 Å². The third-order valence-corrected chi connectivity index (χ3v) is 6.31. The van der Waals surface area contributed by atoms with Gasteiger partial charge in [-0.15, -0.1) is 0 Å². The van der Waals surface area contributed by atoms with Crippen molar-refractivity contribution in [1.29, 1.82) is 0 Å². The lowest BCUT2D eigenvalue weighted by Gasteiger charge is -2.19. The molecular formula is C17H23N4O6S. The average molecular weight is 411 g/mol. The Morgan fingerprint density at radius 2 is 2.18 bits per heavy atom. The number of primary amides is 1. The largest absolute Gasteiger partial charge is 0.618 e. The Balaban J connectivity index is 2.02. The molecule has 1 fully saturated rings. The van der Waals surface area contributed by atoms with E-state index in [-0.39, 0.29) is 24.1 Å². The zero-order chi connectivity index (χ0) is 20.9. The number of nitrogens with zero attached hydrogens (tertiary/aromatic N) is 2. The minimum Gasteiger partial charge on any atom is -0.618 e. The Morgan fingerprint density at radius 1 is 1.46 bits per heavy atom. The number of amides is 2. The number of hydrogen-bond donors (Lipinski definition) is 2. The van der Waals surface area contributed by atoms with Crippen molar-refractivity contribution in [2.45, 2.75) is 37.3 Å². The molecule has 0 bridgehead atoms. The molecular weight excluding hydrogens is 388 g/mol. The second-order valence-corrected chi connectivity index (χ2v) is 8.50. The van der Waals surface area contributed by atoms with Crippen LogP contribution in [-0.4, -0.2) is 49.5 Å². The predicted octanol–water partition coefficient (Wildman–Crippen LogP) is -1.13. The Hall–Kier alpha value is -2.53. The molecule has 1 radical (unpaired) electrons. The zero-order valence-corrected chi connectivity index (χ0v) is 16.2. The van der Waals surface area contributed by atoms with Gasteiger partial charge >= 0.3 is 15.0 Å². The van der Waals surface area contributed by atoms with Crippen LogP contribution < -0.4 is 15.8 Å². The quantitative estimate of drug-likeness (QED) is 0.428. The molecule has 2 atom stereocenters. The highest BCUT2D eigenvalue weighted by atomic mass is 32.2. The second-order valence-electron chi connectivity index (χ2n) is 6.62. The summed E-state index contributed by atoms with van der Waals surface area (Å²) in [4.78, 5) is 35.5. The van der Waals surface area contributed by atoms with Crippen LogP contribution in [0.15, 0.2) is 29.4 Å². The van der Waals surface area contributed by atoms with Gasteiger partial charge in [0.2, 0.25) is 11.8 Å². The fourth-order valence-corrected chi connectivity index (χ4v) is 4.20. The standard InChI is InChI=1S/C17H23N4O6S/c1-12(17(18)24)7-8-15(23)19-13-5-4-9-20(11-14(13)22)28(26,27)16-6-2-3-10-21(16)25/h2-3,6,8,10,12-13H,4-5,7,9,11H2,1H3,(H2,18,24)(H,19,23)/t12?,13-/m0/s1. The molecule has 2 heterocycles. The summed E-state index contributed by atoms with van der Waals surface area (Å²) in [6.07, 6.45) is 3.05. The molecule has 28 heavy (non-hydrogen) atoms. The van der Waals surface area contributed by atoms with Gasteiger partial charge in [0.15, 0.2) is 12.0 Å². The van der Waals surface area contributed by atoms with Crippen LogP contribution in [0, 0.1) is 17.5 Å². The van der Waals surface area contributed by atoms with Gasteiger partial charge in [0.1, 0.15) is 0 Å². The first-order valence-electron chi connectivity index (χ1n) is 8.77.